The average Bonchev–Trinajstić information content (AvgIpc) is 3.22. The zero-order valence-electron chi connectivity index (χ0n) is 17.4. The molecule has 3 aromatic rings. The molecule has 0 saturated heterocycles. The van der Waals surface area contributed by atoms with Crippen molar-refractivity contribution in [2.75, 3.05) is 16.8 Å². The van der Waals surface area contributed by atoms with Crippen molar-refractivity contribution in [2.24, 2.45) is 5.73 Å². The summed E-state index contributed by atoms with van der Waals surface area (Å²) in [7, 11) is 0. The minimum atomic E-state index is -0.429. The first-order chi connectivity index (χ1) is 15.4. The Balaban J connectivity index is 1.58. The largest absolute Gasteiger partial charge is 0.493 e. The molecular formula is C23H22N4O4S. The predicted octanol–water partition coefficient (Wildman–Crippen LogP) is 3.73. The maximum atomic E-state index is 12.2. The van der Waals surface area contributed by atoms with Crippen molar-refractivity contribution in [1.82, 2.24) is 4.98 Å². The number of rotatable bonds is 9. The molecule has 9 heteroatoms. The number of carbonyl (C=O) groups excluding carboxylic acids is 3. The van der Waals surface area contributed by atoms with Crippen molar-refractivity contribution in [3.05, 3.63) is 71.7 Å². The molecule has 0 atom stereocenters. The Morgan fingerprint density at radius 1 is 1.12 bits per heavy atom. The molecule has 0 saturated carbocycles. The van der Waals surface area contributed by atoms with E-state index in [1.165, 1.54) is 29.2 Å². The van der Waals surface area contributed by atoms with E-state index in [9.17, 15) is 14.4 Å². The Morgan fingerprint density at radius 2 is 1.84 bits per heavy atom. The van der Waals surface area contributed by atoms with E-state index in [2.05, 4.69) is 10.3 Å². The number of ether oxygens (including phenoxy) is 1. The lowest BCUT2D eigenvalue weighted by Crippen LogP contribution is -2.22. The minimum absolute atomic E-state index is 0.136. The summed E-state index contributed by atoms with van der Waals surface area (Å²) < 4.78 is 5.39. The van der Waals surface area contributed by atoms with Crippen LogP contribution in [0.1, 0.15) is 19.0 Å². The van der Waals surface area contributed by atoms with Gasteiger partial charge in [0.25, 0.3) is 0 Å². The molecule has 3 N–H and O–H groups in total. The fourth-order valence-corrected chi connectivity index (χ4v) is 3.56. The maximum absolute atomic E-state index is 12.2. The third-order valence-electron chi connectivity index (χ3n) is 4.17. The van der Waals surface area contributed by atoms with E-state index < -0.39 is 5.91 Å². The SMILES string of the molecule is CC(=O)N(c1ccccc1)c1nc(C=CC(=O)Nc2ccc(OCCC(N)=O)cc2)cs1. The molecule has 0 fully saturated rings. The second kappa shape index (κ2) is 10.9. The van der Waals surface area contributed by atoms with Crippen molar-refractivity contribution in [1.29, 1.82) is 0 Å². The van der Waals surface area contributed by atoms with E-state index >= 15 is 0 Å². The van der Waals surface area contributed by atoms with Crippen LogP contribution < -0.4 is 20.7 Å². The van der Waals surface area contributed by atoms with Gasteiger partial charge in [0.1, 0.15) is 5.75 Å². The maximum Gasteiger partial charge on any atom is 0.248 e. The fourth-order valence-electron chi connectivity index (χ4n) is 2.71. The Kier molecular flexibility index (Phi) is 7.71. The Morgan fingerprint density at radius 3 is 2.50 bits per heavy atom. The summed E-state index contributed by atoms with van der Waals surface area (Å²) in [6, 6.07) is 16.0. The van der Waals surface area contributed by atoms with E-state index in [1.54, 1.807) is 35.7 Å². The molecule has 0 bridgehead atoms. The lowest BCUT2D eigenvalue weighted by Gasteiger charge is -2.17. The monoisotopic (exact) mass is 450 g/mol. The van der Waals surface area contributed by atoms with E-state index in [4.69, 9.17) is 10.5 Å². The molecule has 32 heavy (non-hydrogen) atoms. The van der Waals surface area contributed by atoms with Gasteiger partial charge in [0.2, 0.25) is 17.7 Å². The van der Waals surface area contributed by atoms with Gasteiger partial charge in [-0.1, -0.05) is 18.2 Å². The van der Waals surface area contributed by atoms with Gasteiger partial charge in [-0.05, 0) is 42.5 Å². The number of nitrogens with two attached hydrogens (primary N) is 1. The van der Waals surface area contributed by atoms with Gasteiger partial charge < -0.3 is 15.8 Å². The quantitative estimate of drug-likeness (QED) is 0.482. The predicted molar refractivity (Wildman–Crippen MR) is 125 cm³/mol. The molecule has 0 aliphatic carbocycles. The van der Waals surface area contributed by atoms with E-state index in [1.807, 2.05) is 30.3 Å². The number of nitrogens with zero attached hydrogens (tertiary/aromatic N) is 2. The van der Waals surface area contributed by atoms with Crippen LogP contribution in [0.4, 0.5) is 16.5 Å². The molecule has 3 rings (SSSR count). The summed E-state index contributed by atoms with van der Waals surface area (Å²) in [6.07, 6.45) is 3.09. The number of para-hydroxylation sites is 1. The van der Waals surface area contributed by atoms with Gasteiger partial charge in [0.05, 0.1) is 24.4 Å². The molecule has 164 valence electrons. The van der Waals surface area contributed by atoms with Crippen LogP contribution in [0.15, 0.2) is 66.1 Å². The second-order valence-corrected chi connectivity index (χ2v) is 7.49. The number of aromatic nitrogens is 1. The Labute approximate surface area is 189 Å². The number of hydrogen-bond acceptors (Lipinski definition) is 6. The molecule has 8 nitrogen and oxygen atoms in total. The van der Waals surface area contributed by atoms with Crippen molar-refractivity contribution < 1.29 is 19.1 Å². The van der Waals surface area contributed by atoms with Gasteiger partial charge in [-0.3, -0.25) is 19.3 Å². The number of benzene rings is 2. The first kappa shape index (κ1) is 22.7. The topological polar surface area (TPSA) is 115 Å². The zero-order chi connectivity index (χ0) is 22.9. The van der Waals surface area contributed by atoms with E-state index in [0.29, 0.717) is 22.3 Å². The number of nitrogens with one attached hydrogen (secondary N) is 1. The molecule has 0 aliphatic heterocycles. The van der Waals surface area contributed by atoms with Crippen LogP contribution >= 0.6 is 11.3 Å². The van der Waals surface area contributed by atoms with Gasteiger partial charge in [-0.25, -0.2) is 4.98 Å². The van der Waals surface area contributed by atoms with Gasteiger partial charge >= 0.3 is 0 Å². The molecule has 1 aromatic heterocycles. The number of primary amides is 1. The summed E-state index contributed by atoms with van der Waals surface area (Å²) >= 11 is 1.31. The van der Waals surface area contributed by atoms with Crippen LogP contribution in [0.25, 0.3) is 6.08 Å². The minimum Gasteiger partial charge on any atom is -0.493 e. The molecule has 0 unspecified atom stereocenters. The lowest BCUT2D eigenvalue weighted by molar-refractivity contribution is -0.118. The first-order valence-electron chi connectivity index (χ1n) is 9.74. The van der Waals surface area contributed by atoms with Crippen LogP contribution in [0.5, 0.6) is 5.75 Å². The normalized spacial score (nSPS) is 10.7. The lowest BCUT2D eigenvalue weighted by atomic mass is 10.3. The van der Waals surface area contributed by atoms with Crippen LogP contribution in [0, 0.1) is 0 Å². The molecule has 0 radical (unpaired) electrons. The third-order valence-corrected chi connectivity index (χ3v) is 5.02. The van der Waals surface area contributed by atoms with E-state index in [-0.39, 0.29) is 24.8 Å². The summed E-state index contributed by atoms with van der Waals surface area (Å²) in [5.41, 5.74) is 6.95. The Bertz CT molecular complexity index is 1110. The smallest absolute Gasteiger partial charge is 0.248 e. The van der Waals surface area contributed by atoms with Gasteiger partial charge in [-0.15, -0.1) is 11.3 Å². The van der Waals surface area contributed by atoms with Crippen LogP contribution in [-0.4, -0.2) is 29.3 Å². The van der Waals surface area contributed by atoms with Crippen molar-refractivity contribution in [2.45, 2.75) is 13.3 Å². The highest BCUT2D eigenvalue weighted by molar-refractivity contribution is 7.14. The molecule has 3 amide bonds. The first-order valence-corrected chi connectivity index (χ1v) is 10.6. The van der Waals surface area contributed by atoms with Gasteiger partial charge in [-0.2, -0.15) is 0 Å². The average molecular weight is 451 g/mol. The zero-order valence-corrected chi connectivity index (χ0v) is 18.2. The van der Waals surface area contributed by atoms with E-state index in [0.717, 1.165) is 5.69 Å². The highest BCUT2D eigenvalue weighted by Crippen LogP contribution is 2.29. The molecule has 0 spiro atoms. The number of thiazole rings is 1. The van der Waals surface area contributed by atoms with Crippen LogP contribution in [0.3, 0.4) is 0 Å². The van der Waals surface area contributed by atoms with Gasteiger partial charge in [0, 0.05) is 24.1 Å². The number of hydrogen-bond donors (Lipinski definition) is 2. The van der Waals surface area contributed by atoms with Crippen LogP contribution in [-0.2, 0) is 14.4 Å². The summed E-state index contributed by atoms with van der Waals surface area (Å²) in [4.78, 5) is 41.0. The van der Waals surface area contributed by atoms with Crippen molar-refractivity contribution in [3.8, 4) is 5.75 Å². The number of amides is 3. The standard InChI is InChI=1S/C23H22N4O4S/c1-16(28)27(19-5-3-2-4-6-19)23-26-18(15-32-23)9-12-22(30)25-17-7-10-20(11-8-17)31-14-13-21(24)29/h2-12,15H,13-14H2,1H3,(H2,24,29)(H,25,30). The van der Waals surface area contributed by atoms with Crippen LogP contribution in [0.2, 0.25) is 0 Å². The Hall–Kier alpha value is -3.98. The molecular weight excluding hydrogens is 428 g/mol. The highest BCUT2D eigenvalue weighted by atomic mass is 32.1. The number of anilines is 3. The molecule has 0 aliphatic rings. The summed E-state index contributed by atoms with van der Waals surface area (Å²) in [5, 5.41) is 5.04. The highest BCUT2D eigenvalue weighted by Gasteiger charge is 2.17. The second-order valence-electron chi connectivity index (χ2n) is 6.66. The molecule has 2 aromatic carbocycles. The molecule has 1 heterocycles. The summed E-state index contributed by atoms with van der Waals surface area (Å²) in [6.45, 7) is 1.68. The third kappa shape index (κ3) is 6.51. The van der Waals surface area contributed by atoms with Crippen molar-refractivity contribution in [3.63, 3.8) is 0 Å². The number of carbonyl (C=O) groups is 3. The fraction of sp³-hybridized carbons (Fsp3) is 0.130. The van der Waals surface area contributed by atoms with Crippen molar-refractivity contribution >= 4 is 51.6 Å². The summed E-state index contributed by atoms with van der Waals surface area (Å²) in [5.74, 6) is -0.334. The van der Waals surface area contributed by atoms with Gasteiger partial charge in [0.15, 0.2) is 5.13 Å².